The van der Waals surface area contributed by atoms with E-state index in [9.17, 15) is 4.79 Å². The van der Waals surface area contributed by atoms with Gasteiger partial charge in [-0.2, -0.15) is 5.26 Å². The van der Waals surface area contributed by atoms with Crippen LogP contribution in [0.5, 0.6) is 0 Å². The SMILES string of the molecule is CC(C)(C#N)c1ccc(N2CC(CN=[N+]=[N-])CC2=O)cc1. The molecule has 1 aliphatic heterocycles. The normalized spacial score (nSPS) is 18.2. The van der Waals surface area contributed by atoms with Crippen molar-refractivity contribution in [3.05, 3.63) is 40.3 Å². The van der Waals surface area contributed by atoms with E-state index in [1.54, 1.807) is 4.90 Å². The van der Waals surface area contributed by atoms with Gasteiger partial charge in [-0.05, 0) is 43.0 Å². The Morgan fingerprint density at radius 2 is 2.14 bits per heavy atom. The highest BCUT2D eigenvalue weighted by Gasteiger charge is 2.30. The number of nitrogens with zero attached hydrogens (tertiary/aromatic N) is 5. The lowest BCUT2D eigenvalue weighted by Gasteiger charge is -2.20. The summed E-state index contributed by atoms with van der Waals surface area (Å²) in [6.45, 7) is 4.63. The van der Waals surface area contributed by atoms with Crippen molar-refractivity contribution < 1.29 is 4.79 Å². The average molecular weight is 283 g/mol. The number of carbonyl (C=O) groups excluding carboxylic acids is 1. The van der Waals surface area contributed by atoms with E-state index in [0.717, 1.165) is 11.3 Å². The number of rotatable bonds is 4. The van der Waals surface area contributed by atoms with E-state index < -0.39 is 5.41 Å². The van der Waals surface area contributed by atoms with Crippen LogP contribution in [0.3, 0.4) is 0 Å². The first-order chi connectivity index (χ1) is 9.97. The molecule has 6 heteroatoms. The molecule has 1 unspecified atom stereocenters. The smallest absolute Gasteiger partial charge is 0.227 e. The molecule has 2 rings (SSSR count). The Morgan fingerprint density at radius 1 is 1.48 bits per heavy atom. The summed E-state index contributed by atoms with van der Waals surface area (Å²) in [5.74, 6) is 0.115. The maximum Gasteiger partial charge on any atom is 0.227 e. The molecule has 1 aromatic rings. The Bertz CT molecular complexity index is 622. The van der Waals surface area contributed by atoms with Crippen molar-refractivity contribution in [2.75, 3.05) is 18.0 Å². The van der Waals surface area contributed by atoms with Crippen LogP contribution in [0.15, 0.2) is 29.4 Å². The highest BCUT2D eigenvalue weighted by atomic mass is 16.2. The largest absolute Gasteiger partial charge is 0.312 e. The van der Waals surface area contributed by atoms with Crippen LogP contribution in [0.2, 0.25) is 0 Å². The molecule has 1 saturated heterocycles. The topological polar surface area (TPSA) is 92.9 Å². The van der Waals surface area contributed by atoms with Gasteiger partial charge in [0, 0.05) is 30.1 Å². The van der Waals surface area contributed by atoms with Crippen LogP contribution in [-0.2, 0) is 10.2 Å². The molecule has 0 aliphatic carbocycles. The summed E-state index contributed by atoms with van der Waals surface area (Å²) in [6.07, 6.45) is 0.407. The second-order valence-electron chi connectivity index (χ2n) is 5.77. The van der Waals surface area contributed by atoms with E-state index in [4.69, 9.17) is 10.8 Å². The lowest BCUT2D eigenvalue weighted by molar-refractivity contribution is -0.117. The first-order valence-electron chi connectivity index (χ1n) is 6.81. The number of benzene rings is 1. The molecule has 1 atom stereocenters. The Balaban J connectivity index is 2.15. The van der Waals surface area contributed by atoms with E-state index in [-0.39, 0.29) is 11.8 Å². The van der Waals surface area contributed by atoms with E-state index in [1.165, 1.54) is 0 Å². The minimum absolute atomic E-state index is 0.0421. The van der Waals surface area contributed by atoms with Crippen molar-refractivity contribution in [1.29, 1.82) is 5.26 Å². The van der Waals surface area contributed by atoms with E-state index >= 15 is 0 Å². The van der Waals surface area contributed by atoms with E-state index in [1.807, 2.05) is 38.1 Å². The highest BCUT2D eigenvalue weighted by Crippen LogP contribution is 2.28. The Kier molecular flexibility index (Phi) is 4.15. The lowest BCUT2D eigenvalue weighted by atomic mass is 9.86. The van der Waals surface area contributed by atoms with Crippen molar-refractivity contribution >= 4 is 11.6 Å². The third-order valence-electron chi connectivity index (χ3n) is 3.79. The van der Waals surface area contributed by atoms with Crippen molar-refractivity contribution in [3.63, 3.8) is 0 Å². The first kappa shape index (κ1) is 14.9. The molecular weight excluding hydrogens is 266 g/mol. The quantitative estimate of drug-likeness (QED) is 0.482. The summed E-state index contributed by atoms with van der Waals surface area (Å²) >= 11 is 0. The molecule has 1 aliphatic rings. The molecule has 6 nitrogen and oxygen atoms in total. The number of anilines is 1. The van der Waals surface area contributed by atoms with Gasteiger partial charge in [-0.3, -0.25) is 4.79 Å². The molecular formula is C15H17N5O. The van der Waals surface area contributed by atoms with Crippen LogP contribution in [-0.4, -0.2) is 19.0 Å². The minimum atomic E-state index is -0.544. The zero-order chi connectivity index (χ0) is 15.5. The van der Waals surface area contributed by atoms with Crippen LogP contribution < -0.4 is 4.90 Å². The van der Waals surface area contributed by atoms with E-state index in [2.05, 4.69) is 16.1 Å². The zero-order valence-electron chi connectivity index (χ0n) is 12.2. The molecule has 21 heavy (non-hydrogen) atoms. The number of hydrogen-bond donors (Lipinski definition) is 0. The van der Waals surface area contributed by atoms with Crippen molar-refractivity contribution in [1.82, 2.24) is 0 Å². The monoisotopic (exact) mass is 283 g/mol. The standard InChI is InChI=1S/C15H17N5O/c1-15(2,10-16)12-3-5-13(6-4-12)20-9-11(7-14(20)21)8-18-19-17/h3-6,11H,7-9H2,1-2H3. The van der Waals surface area contributed by atoms with Gasteiger partial charge < -0.3 is 4.90 Å². The summed E-state index contributed by atoms with van der Waals surface area (Å²) in [5.41, 5.74) is 9.54. The molecule has 1 fully saturated rings. The van der Waals surface area contributed by atoms with Crippen LogP contribution in [0.25, 0.3) is 10.4 Å². The summed E-state index contributed by atoms with van der Waals surface area (Å²) < 4.78 is 0. The number of carbonyl (C=O) groups is 1. The summed E-state index contributed by atoms with van der Waals surface area (Å²) in [4.78, 5) is 16.5. The fourth-order valence-electron chi connectivity index (χ4n) is 2.43. The Hall–Kier alpha value is -2.51. The molecule has 108 valence electrons. The van der Waals surface area contributed by atoms with Gasteiger partial charge in [0.05, 0.1) is 11.5 Å². The fourth-order valence-corrected chi connectivity index (χ4v) is 2.43. The molecule has 0 saturated carbocycles. The molecule has 0 bridgehead atoms. The second-order valence-corrected chi connectivity index (χ2v) is 5.77. The first-order valence-corrected chi connectivity index (χ1v) is 6.81. The second kappa shape index (κ2) is 5.86. The van der Waals surface area contributed by atoms with Crippen LogP contribution >= 0.6 is 0 Å². The maximum absolute atomic E-state index is 12.0. The molecule has 0 spiro atoms. The van der Waals surface area contributed by atoms with Crippen LogP contribution in [0, 0.1) is 17.2 Å². The Labute approximate surface area is 123 Å². The van der Waals surface area contributed by atoms with Gasteiger partial charge in [0.25, 0.3) is 0 Å². The molecule has 0 radical (unpaired) electrons. The van der Waals surface area contributed by atoms with Crippen molar-refractivity contribution in [3.8, 4) is 6.07 Å². The van der Waals surface area contributed by atoms with Gasteiger partial charge in [-0.1, -0.05) is 17.2 Å². The summed E-state index contributed by atoms with van der Waals surface area (Å²) in [5, 5.41) is 12.7. The van der Waals surface area contributed by atoms with Crippen molar-refractivity contribution in [2.24, 2.45) is 11.0 Å². The maximum atomic E-state index is 12.0. The average Bonchev–Trinajstić information content (AvgIpc) is 2.86. The van der Waals surface area contributed by atoms with Crippen LogP contribution in [0.1, 0.15) is 25.8 Å². The molecule has 1 aromatic carbocycles. The van der Waals surface area contributed by atoms with E-state index in [0.29, 0.717) is 19.5 Å². The van der Waals surface area contributed by atoms with Gasteiger partial charge in [0.1, 0.15) is 0 Å². The van der Waals surface area contributed by atoms with Crippen molar-refractivity contribution in [2.45, 2.75) is 25.7 Å². The number of azide groups is 1. The summed E-state index contributed by atoms with van der Waals surface area (Å²) in [6, 6.07) is 9.75. The number of amides is 1. The number of nitriles is 1. The fraction of sp³-hybridized carbons (Fsp3) is 0.467. The predicted molar refractivity (Wildman–Crippen MR) is 79.6 cm³/mol. The summed E-state index contributed by atoms with van der Waals surface area (Å²) in [7, 11) is 0. The highest BCUT2D eigenvalue weighted by molar-refractivity contribution is 5.95. The zero-order valence-corrected chi connectivity index (χ0v) is 12.2. The molecule has 1 heterocycles. The number of hydrogen-bond acceptors (Lipinski definition) is 3. The third kappa shape index (κ3) is 3.15. The minimum Gasteiger partial charge on any atom is -0.312 e. The van der Waals surface area contributed by atoms with Gasteiger partial charge in [-0.15, -0.1) is 0 Å². The van der Waals surface area contributed by atoms with Gasteiger partial charge in [0.15, 0.2) is 0 Å². The molecule has 0 N–H and O–H groups in total. The van der Waals surface area contributed by atoms with Gasteiger partial charge in [0.2, 0.25) is 5.91 Å². The third-order valence-corrected chi connectivity index (χ3v) is 3.79. The predicted octanol–water partition coefficient (Wildman–Crippen LogP) is 3.15. The van der Waals surface area contributed by atoms with Gasteiger partial charge in [-0.25, -0.2) is 0 Å². The Morgan fingerprint density at radius 3 is 2.71 bits per heavy atom. The lowest BCUT2D eigenvalue weighted by Crippen LogP contribution is -2.25. The molecule has 0 aromatic heterocycles. The van der Waals surface area contributed by atoms with Crippen LogP contribution in [0.4, 0.5) is 5.69 Å². The van der Waals surface area contributed by atoms with Gasteiger partial charge >= 0.3 is 0 Å². The molecule has 1 amide bonds.